The van der Waals surface area contributed by atoms with E-state index in [1.807, 2.05) is 13.8 Å². The van der Waals surface area contributed by atoms with Crippen LogP contribution in [0.1, 0.15) is 49.6 Å². The van der Waals surface area contributed by atoms with Crippen molar-refractivity contribution in [3.05, 3.63) is 33.4 Å². The zero-order chi connectivity index (χ0) is 17.5. The molecule has 0 spiro atoms. The molecule has 8 heteroatoms. The lowest BCUT2D eigenvalue weighted by Crippen LogP contribution is -2.39. The average molecular weight is 352 g/mol. The molecule has 0 atom stereocenters. The quantitative estimate of drug-likeness (QED) is 0.901. The number of nitrogens with zero attached hydrogens (tertiary/aromatic N) is 3. The predicted octanol–water partition coefficient (Wildman–Crippen LogP) is 1.42. The van der Waals surface area contributed by atoms with Gasteiger partial charge in [0.2, 0.25) is 10.0 Å². The maximum absolute atomic E-state index is 12.4. The molecule has 0 bridgehead atoms. The van der Waals surface area contributed by atoms with Crippen LogP contribution in [0.4, 0.5) is 0 Å². The maximum atomic E-state index is 12.4. The third kappa shape index (κ3) is 2.88. The second kappa shape index (κ2) is 6.33. The van der Waals surface area contributed by atoms with E-state index in [9.17, 15) is 13.2 Å². The van der Waals surface area contributed by atoms with Crippen molar-refractivity contribution in [2.75, 3.05) is 18.8 Å². The number of hydrogen-bond donors (Lipinski definition) is 1. The number of fused-ring (bicyclic) bond motifs is 1. The second-order valence-corrected chi connectivity index (χ2v) is 8.58. The predicted molar refractivity (Wildman–Crippen MR) is 92.9 cm³/mol. The summed E-state index contributed by atoms with van der Waals surface area (Å²) in [6, 6.07) is 1.58. The lowest BCUT2D eigenvalue weighted by molar-refractivity contribution is 0.317. The van der Waals surface area contributed by atoms with Gasteiger partial charge in [-0.15, -0.1) is 0 Å². The molecule has 3 heterocycles. The van der Waals surface area contributed by atoms with Gasteiger partial charge < -0.3 is 0 Å². The number of aryl methyl sites for hydroxylation is 2. The SMILES string of the molecule is CCc1c(C)[nH]n2c(=O)cc(C3CCN(S(=O)(=O)CC)CC3)nc12. The number of hydrogen-bond acceptors (Lipinski definition) is 4. The average Bonchev–Trinajstić information content (AvgIpc) is 2.91. The van der Waals surface area contributed by atoms with Gasteiger partial charge in [0.05, 0.1) is 11.4 Å². The Morgan fingerprint density at radius 1 is 1.29 bits per heavy atom. The fraction of sp³-hybridized carbons (Fsp3) is 0.625. The van der Waals surface area contributed by atoms with E-state index in [4.69, 9.17) is 4.98 Å². The molecule has 0 amide bonds. The molecule has 7 nitrogen and oxygen atoms in total. The Bertz CT molecular complexity index is 905. The number of rotatable bonds is 4. The highest BCUT2D eigenvalue weighted by Gasteiger charge is 2.28. The maximum Gasteiger partial charge on any atom is 0.272 e. The molecule has 2 aromatic heterocycles. The van der Waals surface area contributed by atoms with Crippen molar-refractivity contribution >= 4 is 15.7 Å². The summed E-state index contributed by atoms with van der Waals surface area (Å²) in [5, 5.41) is 3.07. The van der Waals surface area contributed by atoms with Gasteiger partial charge in [-0.3, -0.25) is 9.89 Å². The van der Waals surface area contributed by atoms with E-state index in [-0.39, 0.29) is 17.2 Å². The van der Waals surface area contributed by atoms with Crippen LogP contribution in [-0.4, -0.2) is 46.2 Å². The lowest BCUT2D eigenvalue weighted by Gasteiger charge is -2.30. The molecule has 1 N–H and O–H groups in total. The molecule has 3 rings (SSSR count). The van der Waals surface area contributed by atoms with Crippen molar-refractivity contribution < 1.29 is 8.42 Å². The molecule has 0 saturated carbocycles. The first kappa shape index (κ1) is 17.2. The van der Waals surface area contributed by atoms with Gasteiger partial charge in [-0.05, 0) is 33.1 Å². The van der Waals surface area contributed by atoms with Crippen molar-refractivity contribution in [3.8, 4) is 0 Å². The Morgan fingerprint density at radius 3 is 2.54 bits per heavy atom. The molecule has 0 aromatic carbocycles. The van der Waals surface area contributed by atoms with E-state index < -0.39 is 10.0 Å². The van der Waals surface area contributed by atoms with Gasteiger partial charge in [0.15, 0.2) is 5.65 Å². The van der Waals surface area contributed by atoms with E-state index in [0.717, 1.165) is 23.4 Å². The summed E-state index contributed by atoms with van der Waals surface area (Å²) in [7, 11) is -3.13. The van der Waals surface area contributed by atoms with Crippen molar-refractivity contribution in [2.24, 2.45) is 0 Å². The van der Waals surface area contributed by atoms with Gasteiger partial charge in [0, 0.05) is 36.3 Å². The van der Waals surface area contributed by atoms with Gasteiger partial charge in [-0.2, -0.15) is 0 Å². The van der Waals surface area contributed by atoms with E-state index in [2.05, 4.69) is 5.10 Å². The van der Waals surface area contributed by atoms with Crippen LogP contribution in [-0.2, 0) is 16.4 Å². The van der Waals surface area contributed by atoms with E-state index in [1.165, 1.54) is 4.52 Å². The van der Waals surface area contributed by atoms with Gasteiger partial charge in [-0.25, -0.2) is 22.2 Å². The molecule has 132 valence electrons. The first-order chi connectivity index (χ1) is 11.4. The van der Waals surface area contributed by atoms with Crippen LogP contribution < -0.4 is 5.56 Å². The zero-order valence-corrected chi connectivity index (χ0v) is 15.2. The number of piperidine rings is 1. The van der Waals surface area contributed by atoms with Gasteiger partial charge >= 0.3 is 0 Å². The van der Waals surface area contributed by atoms with Crippen LogP contribution in [0.15, 0.2) is 10.9 Å². The summed E-state index contributed by atoms with van der Waals surface area (Å²) in [6.07, 6.45) is 2.21. The normalized spacial score (nSPS) is 17.6. The number of H-pyrrole nitrogens is 1. The fourth-order valence-corrected chi connectivity index (χ4v) is 4.59. The summed E-state index contributed by atoms with van der Waals surface area (Å²) >= 11 is 0. The van der Waals surface area contributed by atoms with Crippen LogP contribution in [0.25, 0.3) is 5.65 Å². The Kier molecular flexibility index (Phi) is 4.52. The van der Waals surface area contributed by atoms with Gasteiger partial charge in [0.25, 0.3) is 5.56 Å². The fourth-order valence-electron chi connectivity index (χ4n) is 3.46. The van der Waals surface area contributed by atoms with Crippen LogP contribution >= 0.6 is 0 Å². The van der Waals surface area contributed by atoms with Gasteiger partial charge in [-0.1, -0.05) is 6.92 Å². The number of aromatic amines is 1. The smallest absolute Gasteiger partial charge is 0.272 e. The Morgan fingerprint density at radius 2 is 1.96 bits per heavy atom. The van der Waals surface area contributed by atoms with E-state index in [1.54, 1.807) is 17.3 Å². The Balaban J connectivity index is 1.90. The highest BCUT2D eigenvalue weighted by Crippen LogP contribution is 2.28. The van der Waals surface area contributed by atoms with Crippen LogP contribution in [0.3, 0.4) is 0 Å². The minimum Gasteiger partial charge on any atom is -0.294 e. The van der Waals surface area contributed by atoms with E-state index in [0.29, 0.717) is 31.6 Å². The second-order valence-electron chi connectivity index (χ2n) is 6.32. The van der Waals surface area contributed by atoms with Crippen molar-refractivity contribution in [1.29, 1.82) is 0 Å². The molecule has 0 aliphatic carbocycles. The molecule has 0 unspecified atom stereocenters. The molecule has 24 heavy (non-hydrogen) atoms. The summed E-state index contributed by atoms with van der Waals surface area (Å²) in [6.45, 7) is 6.64. The monoisotopic (exact) mass is 352 g/mol. The third-order valence-electron chi connectivity index (χ3n) is 4.92. The van der Waals surface area contributed by atoms with Gasteiger partial charge in [0.1, 0.15) is 0 Å². The standard InChI is InChI=1S/C16H24N4O3S/c1-4-13-11(3)18-20-15(21)10-14(17-16(13)20)12-6-8-19(9-7-12)24(22,23)5-2/h10,12,18H,4-9H2,1-3H3. The minimum atomic E-state index is -3.13. The Labute approximate surface area is 141 Å². The first-order valence-electron chi connectivity index (χ1n) is 8.46. The zero-order valence-electron chi connectivity index (χ0n) is 14.4. The summed E-state index contributed by atoms with van der Waals surface area (Å²) in [5.41, 5.74) is 3.38. The summed E-state index contributed by atoms with van der Waals surface area (Å²) in [5.74, 6) is 0.261. The highest BCUT2D eigenvalue weighted by atomic mass is 32.2. The molecular formula is C16H24N4O3S. The van der Waals surface area contributed by atoms with E-state index >= 15 is 0 Å². The van der Waals surface area contributed by atoms with Crippen molar-refractivity contribution in [2.45, 2.75) is 46.0 Å². The van der Waals surface area contributed by atoms with Crippen molar-refractivity contribution in [1.82, 2.24) is 18.9 Å². The minimum absolute atomic E-state index is 0.110. The summed E-state index contributed by atoms with van der Waals surface area (Å²) in [4.78, 5) is 17.1. The first-order valence-corrected chi connectivity index (χ1v) is 10.1. The number of nitrogens with one attached hydrogen (secondary N) is 1. The Hall–Kier alpha value is -1.67. The number of sulfonamides is 1. The van der Waals surface area contributed by atoms with Crippen LogP contribution in [0.5, 0.6) is 0 Å². The molecular weight excluding hydrogens is 328 g/mol. The topological polar surface area (TPSA) is 87.5 Å². The molecule has 1 aliphatic heterocycles. The van der Waals surface area contributed by atoms with Crippen LogP contribution in [0, 0.1) is 6.92 Å². The third-order valence-corrected chi connectivity index (χ3v) is 6.81. The summed E-state index contributed by atoms with van der Waals surface area (Å²) < 4.78 is 27.0. The lowest BCUT2D eigenvalue weighted by atomic mass is 9.94. The molecule has 1 aliphatic rings. The van der Waals surface area contributed by atoms with Crippen LogP contribution in [0.2, 0.25) is 0 Å². The van der Waals surface area contributed by atoms with Crippen molar-refractivity contribution in [3.63, 3.8) is 0 Å². The largest absolute Gasteiger partial charge is 0.294 e. The molecule has 1 fully saturated rings. The molecule has 1 saturated heterocycles. The number of aromatic nitrogens is 3. The molecule has 2 aromatic rings. The highest BCUT2D eigenvalue weighted by molar-refractivity contribution is 7.89. The molecule has 0 radical (unpaired) electrons.